The molecule has 1 aliphatic rings. The van der Waals surface area contributed by atoms with Gasteiger partial charge in [0.15, 0.2) is 0 Å². The number of rotatable bonds is 2. The molecule has 1 rings (SSSR count). The molecule has 0 radical (unpaired) electrons. The number of carboxylic acids is 1. The average Bonchev–Trinajstić information content (AvgIpc) is 2.07. The van der Waals surface area contributed by atoms with Gasteiger partial charge in [-0.05, 0) is 41.7 Å². The molecule has 1 fully saturated rings. The lowest BCUT2D eigenvalue weighted by molar-refractivity contribution is -0.163. The normalized spacial score (nSPS) is 25.3. The van der Waals surface area contributed by atoms with Crippen LogP contribution < -0.4 is 0 Å². The number of carboxylic acid groups (broad SMARTS) is 1. The molecule has 0 aromatic rings. The number of likely N-dealkylation sites (N-methyl/N-ethyl adjacent to an activating group) is 1. The number of aliphatic carboxylic acids is 1. The molecule has 1 N–H and O–H groups in total. The van der Waals surface area contributed by atoms with Gasteiger partial charge in [-0.1, -0.05) is 0 Å². The predicted molar refractivity (Wildman–Crippen MR) is 69.3 cm³/mol. The highest BCUT2D eigenvalue weighted by atomic mass is 16.4. The lowest BCUT2D eigenvalue weighted by Gasteiger charge is -2.54. The van der Waals surface area contributed by atoms with Crippen LogP contribution in [0.4, 0.5) is 0 Å². The van der Waals surface area contributed by atoms with Gasteiger partial charge in [-0.2, -0.15) is 0 Å². The Labute approximate surface area is 109 Å². The fourth-order valence-electron chi connectivity index (χ4n) is 3.07. The summed E-state index contributed by atoms with van der Waals surface area (Å²) in [5.74, 6) is -1.03. The van der Waals surface area contributed by atoms with Crippen LogP contribution in [-0.2, 0) is 9.59 Å². The van der Waals surface area contributed by atoms with Crippen molar-refractivity contribution in [3.63, 3.8) is 0 Å². The summed E-state index contributed by atoms with van der Waals surface area (Å²) in [6.45, 7) is 10.7. The molecule has 1 aliphatic heterocycles. The summed E-state index contributed by atoms with van der Waals surface area (Å²) >= 11 is 0. The van der Waals surface area contributed by atoms with Crippen LogP contribution in [0.5, 0.6) is 0 Å². The molecule has 1 atom stereocenters. The third-order valence-corrected chi connectivity index (χ3v) is 3.32. The maximum absolute atomic E-state index is 12.6. The number of hydrogen-bond acceptors (Lipinski definition) is 3. The number of carbonyl (C=O) groups excluding carboxylic acids is 1. The van der Waals surface area contributed by atoms with Gasteiger partial charge < -0.3 is 10.0 Å². The molecule has 5 heteroatoms. The van der Waals surface area contributed by atoms with Gasteiger partial charge in [0.2, 0.25) is 5.91 Å². The molecule has 0 bridgehead atoms. The van der Waals surface area contributed by atoms with Crippen molar-refractivity contribution in [2.75, 3.05) is 13.6 Å². The molecule has 0 aromatic carbocycles. The Balaban J connectivity index is 3.09. The smallest absolute Gasteiger partial charge is 0.305 e. The van der Waals surface area contributed by atoms with E-state index in [0.717, 1.165) is 0 Å². The first-order valence-corrected chi connectivity index (χ1v) is 6.23. The summed E-state index contributed by atoms with van der Waals surface area (Å²) in [5.41, 5.74) is -0.600. The average molecular weight is 256 g/mol. The summed E-state index contributed by atoms with van der Waals surface area (Å²) in [7, 11) is 1.81. The quantitative estimate of drug-likeness (QED) is 0.806. The van der Waals surface area contributed by atoms with Crippen LogP contribution in [0, 0.1) is 0 Å². The van der Waals surface area contributed by atoms with E-state index in [9.17, 15) is 9.59 Å². The van der Waals surface area contributed by atoms with Gasteiger partial charge in [0, 0.05) is 12.1 Å². The molecule has 1 unspecified atom stereocenters. The maximum Gasteiger partial charge on any atom is 0.305 e. The Morgan fingerprint density at radius 3 is 2.33 bits per heavy atom. The molecule has 5 nitrogen and oxygen atoms in total. The zero-order chi connectivity index (χ0) is 14.3. The first kappa shape index (κ1) is 15.0. The van der Waals surface area contributed by atoms with Crippen LogP contribution in [-0.4, -0.2) is 57.5 Å². The number of piperazine rings is 1. The van der Waals surface area contributed by atoms with E-state index >= 15 is 0 Å². The van der Waals surface area contributed by atoms with E-state index < -0.39 is 12.0 Å². The highest BCUT2D eigenvalue weighted by Crippen LogP contribution is 2.32. The van der Waals surface area contributed by atoms with Crippen molar-refractivity contribution >= 4 is 11.9 Å². The summed E-state index contributed by atoms with van der Waals surface area (Å²) in [6.07, 6.45) is -0.141. The molecule has 18 heavy (non-hydrogen) atoms. The van der Waals surface area contributed by atoms with E-state index in [0.29, 0.717) is 6.54 Å². The third-order valence-electron chi connectivity index (χ3n) is 3.32. The topological polar surface area (TPSA) is 60.9 Å². The second-order valence-electron chi connectivity index (χ2n) is 6.69. The fourth-order valence-corrected chi connectivity index (χ4v) is 3.07. The van der Waals surface area contributed by atoms with Crippen LogP contribution >= 0.6 is 0 Å². The first-order chi connectivity index (χ1) is 7.97. The van der Waals surface area contributed by atoms with E-state index in [1.807, 2.05) is 51.5 Å². The van der Waals surface area contributed by atoms with E-state index in [1.165, 1.54) is 0 Å². The molecule has 1 amide bonds. The monoisotopic (exact) mass is 256 g/mol. The zero-order valence-electron chi connectivity index (χ0n) is 12.1. The second kappa shape index (κ2) is 4.53. The Hall–Kier alpha value is -1.10. The van der Waals surface area contributed by atoms with Crippen LogP contribution in [0.1, 0.15) is 41.0 Å². The Morgan fingerprint density at radius 2 is 1.94 bits per heavy atom. The van der Waals surface area contributed by atoms with Gasteiger partial charge in [0.1, 0.15) is 0 Å². The Morgan fingerprint density at radius 1 is 1.44 bits per heavy atom. The Bertz CT molecular complexity index is 358. The minimum Gasteiger partial charge on any atom is -0.481 e. The van der Waals surface area contributed by atoms with Crippen molar-refractivity contribution < 1.29 is 14.7 Å². The number of carbonyl (C=O) groups is 2. The minimum atomic E-state index is -0.936. The van der Waals surface area contributed by atoms with Gasteiger partial charge in [0.05, 0.1) is 18.0 Å². The van der Waals surface area contributed by atoms with Crippen molar-refractivity contribution in [2.24, 2.45) is 0 Å². The minimum absolute atomic E-state index is 0.0938. The summed E-state index contributed by atoms with van der Waals surface area (Å²) in [6, 6.07) is -0.560. The molecule has 0 spiro atoms. The first-order valence-electron chi connectivity index (χ1n) is 6.23. The zero-order valence-corrected chi connectivity index (χ0v) is 12.1. The van der Waals surface area contributed by atoms with Crippen LogP contribution in [0.3, 0.4) is 0 Å². The number of hydrogen-bond donors (Lipinski definition) is 1. The lowest BCUT2D eigenvalue weighted by Crippen LogP contribution is -2.70. The van der Waals surface area contributed by atoms with E-state index in [2.05, 4.69) is 0 Å². The van der Waals surface area contributed by atoms with Crippen LogP contribution in [0.15, 0.2) is 0 Å². The fraction of sp³-hybridized carbons (Fsp3) is 0.846. The maximum atomic E-state index is 12.6. The van der Waals surface area contributed by atoms with Crippen molar-refractivity contribution in [2.45, 2.75) is 58.2 Å². The number of nitrogens with zero attached hydrogens (tertiary/aromatic N) is 2. The molecule has 0 aromatic heterocycles. The second-order valence-corrected chi connectivity index (χ2v) is 6.69. The van der Waals surface area contributed by atoms with Crippen molar-refractivity contribution in [3.05, 3.63) is 0 Å². The molecular formula is C13H24N2O3. The third kappa shape index (κ3) is 2.83. The van der Waals surface area contributed by atoms with Crippen LogP contribution in [0.25, 0.3) is 0 Å². The Kier molecular flexibility index (Phi) is 3.77. The highest BCUT2D eigenvalue weighted by Gasteiger charge is 2.48. The summed E-state index contributed by atoms with van der Waals surface area (Å²) in [4.78, 5) is 27.1. The largest absolute Gasteiger partial charge is 0.481 e. The van der Waals surface area contributed by atoms with Crippen LogP contribution in [0.2, 0.25) is 0 Å². The molecule has 1 heterocycles. The van der Waals surface area contributed by atoms with Gasteiger partial charge in [-0.15, -0.1) is 0 Å². The van der Waals surface area contributed by atoms with E-state index in [-0.39, 0.29) is 23.4 Å². The summed E-state index contributed by atoms with van der Waals surface area (Å²) < 4.78 is 0. The van der Waals surface area contributed by atoms with Crippen molar-refractivity contribution in [1.82, 2.24) is 9.80 Å². The molecule has 104 valence electrons. The van der Waals surface area contributed by atoms with E-state index in [1.54, 1.807) is 0 Å². The lowest BCUT2D eigenvalue weighted by atomic mass is 9.88. The van der Waals surface area contributed by atoms with Gasteiger partial charge in [-0.25, -0.2) is 0 Å². The predicted octanol–water partition coefficient (Wildman–Crippen LogP) is 1.18. The van der Waals surface area contributed by atoms with Crippen molar-refractivity contribution in [1.29, 1.82) is 0 Å². The summed E-state index contributed by atoms with van der Waals surface area (Å²) in [5, 5.41) is 8.92. The van der Waals surface area contributed by atoms with E-state index in [4.69, 9.17) is 5.11 Å². The standard InChI is InChI=1S/C13H24N2O3/c1-12(2,3)15-11(18)9(7-10(16)17)14(6)8-13(15,4)5/h9H,7-8H2,1-6H3,(H,16,17). The molecular weight excluding hydrogens is 232 g/mol. The number of amides is 1. The SMILES string of the molecule is CN1CC(C)(C)N(C(C)(C)C)C(=O)C1CC(=O)O. The molecule has 1 saturated heterocycles. The van der Waals surface area contributed by atoms with Gasteiger partial charge in [0.25, 0.3) is 0 Å². The van der Waals surface area contributed by atoms with Gasteiger partial charge >= 0.3 is 5.97 Å². The molecule has 0 aliphatic carbocycles. The van der Waals surface area contributed by atoms with Gasteiger partial charge in [-0.3, -0.25) is 14.5 Å². The highest BCUT2D eigenvalue weighted by molar-refractivity contribution is 5.88. The molecule has 0 saturated carbocycles. The van der Waals surface area contributed by atoms with Crippen molar-refractivity contribution in [3.8, 4) is 0 Å².